The molecular formula is C15H11ClF4O. The maximum Gasteiger partial charge on any atom is 0.416 e. The Labute approximate surface area is 123 Å². The SMILES string of the molecule is OC(Cc1cccc(C(F)(F)F)c1)c1ccc(F)c(Cl)c1. The van der Waals surface area contributed by atoms with Crippen LogP contribution < -0.4 is 0 Å². The third-order valence-corrected chi connectivity index (χ3v) is 3.30. The predicted molar refractivity (Wildman–Crippen MR) is 71.5 cm³/mol. The highest BCUT2D eigenvalue weighted by molar-refractivity contribution is 6.30. The molecule has 21 heavy (non-hydrogen) atoms. The molecule has 0 heterocycles. The number of alkyl halides is 3. The Hall–Kier alpha value is -1.59. The number of halogens is 5. The lowest BCUT2D eigenvalue weighted by Gasteiger charge is -2.13. The molecule has 1 unspecified atom stereocenters. The zero-order valence-corrected chi connectivity index (χ0v) is 11.4. The number of benzene rings is 2. The molecule has 2 rings (SSSR count). The maximum atomic E-state index is 13.0. The molecule has 0 radical (unpaired) electrons. The van der Waals surface area contributed by atoms with Crippen molar-refractivity contribution in [1.29, 1.82) is 0 Å². The lowest BCUT2D eigenvalue weighted by Crippen LogP contribution is -2.07. The summed E-state index contributed by atoms with van der Waals surface area (Å²) in [6, 6.07) is 8.42. The lowest BCUT2D eigenvalue weighted by molar-refractivity contribution is -0.137. The van der Waals surface area contributed by atoms with Crippen molar-refractivity contribution in [2.24, 2.45) is 0 Å². The molecule has 112 valence electrons. The Morgan fingerprint density at radius 3 is 2.43 bits per heavy atom. The summed E-state index contributed by atoms with van der Waals surface area (Å²) in [5, 5.41) is 9.88. The maximum absolute atomic E-state index is 13.0. The van der Waals surface area contributed by atoms with Crippen molar-refractivity contribution >= 4 is 11.6 Å². The van der Waals surface area contributed by atoms with Gasteiger partial charge in [-0.05, 0) is 29.3 Å². The first kappa shape index (κ1) is 15.8. The molecule has 2 aromatic rings. The minimum absolute atomic E-state index is 0.0219. The van der Waals surface area contributed by atoms with E-state index < -0.39 is 23.7 Å². The van der Waals surface area contributed by atoms with Crippen LogP contribution in [-0.4, -0.2) is 5.11 Å². The molecule has 1 atom stereocenters. The molecule has 0 spiro atoms. The Balaban J connectivity index is 2.19. The molecule has 0 aliphatic carbocycles. The zero-order chi connectivity index (χ0) is 15.6. The first-order valence-electron chi connectivity index (χ1n) is 6.06. The van der Waals surface area contributed by atoms with Crippen molar-refractivity contribution in [3.8, 4) is 0 Å². The first-order chi connectivity index (χ1) is 9.77. The highest BCUT2D eigenvalue weighted by atomic mass is 35.5. The first-order valence-corrected chi connectivity index (χ1v) is 6.44. The lowest BCUT2D eigenvalue weighted by atomic mass is 10.00. The van der Waals surface area contributed by atoms with E-state index in [-0.39, 0.29) is 11.4 Å². The van der Waals surface area contributed by atoms with Crippen molar-refractivity contribution in [2.45, 2.75) is 18.7 Å². The van der Waals surface area contributed by atoms with Crippen LogP contribution in [0.4, 0.5) is 17.6 Å². The molecule has 0 aliphatic rings. The third kappa shape index (κ3) is 3.95. The van der Waals surface area contributed by atoms with Gasteiger partial charge in [0.15, 0.2) is 0 Å². The molecule has 0 saturated heterocycles. The van der Waals surface area contributed by atoms with Crippen molar-refractivity contribution in [2.75, 3.05) is 0 Å². The second-order valence-electron chi connectivity index (χ2n) is 4.59. The molecule has 0 aromatic heterocycles. The molecule has 0 fully saturated rings. The van der Waals surface area contributed by atoms with Crippen molar-refractivity contribution in [3.05, 3.63) is 70.0 Å². The zero-order valence-electron chi connectivity index (χ0n) is 10.7. The van der Waals surface area contributed by atoms with Gasteiger partial charge >= 0.3 is 6.18 Å². The normalized spacial score (nSPS) is 13.2. The summed E-state index contributed by atoms with van der Waals surface area (Å²) in [7, 11) is 0. The van der Waals surface area contributed by atoms with Crippen LogP contribution in [0.2, 0.25) is 5.02 Å². The monoisotopic (exact) mass is 318 g/mol. The Morgan fingerprint density at radius 1 is 1.10 bits per heavy atom. The van der Waals surface area contributed by atoms with Gasteiger partial charge in [-0.2, -0.15) is 13.2 Å². The summed E-state index contributed by atoms with van der Waals surface area (Å²) in [5.74, 6) is -0.619. The minimum Gasteiger partial charge on any atom is -0.388 e. The Bertz CT molecular complexity index is 640. The van der Waals surface area contributed by atoms with Crippen LogP contribution in [0.15, 0.2) is 42.5 Å². The fraction of sp³-hybridized carbons (Fsp3) is 0.200. The van der Waals surface area contributed by atoms with Crippen molar-refractivity contribution in [3.63, 3.8) is 0 Å². The number of hydrogen-bond acceptors (Lipinski definition) is 1. The van der Waals surface area contributed by atoms with E-state index in [1.807, 2.05) is 0 Å². The van der Waals surface area contributed by atoms with Gasteiger partial charge in [0.05, 0.1) is 16.7 Å². The van der Waals surface area contributed by atoms with Gasteiger partial charge in [0.1, 0.15) is 5.82 Å². The van der Waals surface area contributed by atoms with Crippen LogP contribution in [0.5, 0.6) is 0 Å². The fourth-order valence-electron chi connectivity index (χ4n) is 1.94. The van der Waals surface area contributed by atoms with E-state index in [4.69, 9.17) is 11.6 Å². The van der Waals surface area contributed by atoms with Crippen LogP contribution in [-0.2, 0) is 12.6 Å². The number of aliphatic hydroxyl groups is 1. The average molecular weight is 319 g/mol. The summed E-state index contributed by atoms with van der Waals surface area (Å²) in [5.41, 5.74) is -0.0964. The van der Waals surface area contributed by atoms with Crippen LogP contribution in [0.25, 0.3) is 0 Å². The molecular weight excluding hydrogens is 308 g/mol. The van der Waals surface area contributed by atoms with E-state index in [2.05, 4.69) is 0 Å². The minimum atomic E-state index is -4.43. The summed E-state index contributed by atoms with van der Waals surface area (Å²) in [6.45, 7) is 0. The number of rotatable bonds is 3. The summed E-state index contributed by atoms with van der Waals surface area (Å²) >= 11 is 5.61. The summed E-state index contributed by atoms with van der Waals surface area (Å²) in [6.07, 6.45) is -5.52. The molecule has 1 nitrogen and oxygen atoms in total. The average Bonchev–Trinajstić information content (AvgIpc) is 2.41. The standard InChI is InChI=1S/C15H11ClF4O/c16-12-8-10(4-5-13(12)17)14(21)7-9-2-1-3-11(6-9)15(18,19)20/h1-6,8,14,21H,7H2. The van der Waals surface area contributed by atoms with Crippen LogP contribution in [0.3, 0.4) is 0 Å². The van der Waals surface area contributed by atoms with Gasteiger partial charge in [-0.25, -0.2) is 4.39 Å². The van der Waals surface area contributed by atoms with E-state index in [1.165, 1.54) is 24.3 Å². The van der Waals surface area contributed by atoms with Crippen LogP contribution >= 0.6 is 11.6 Å². The highest BCUT2D eigenvalue weighted by Crippen LogP contribution is 2.31. The topological polar surface area (TPSA) is 20.2 Å². The third-order valence-electron chi connectivity index (χ3n) is 3.01. The fourth-order valence-corrected chi connectivity index (χ4v) is 2.12. The van der Waals surface area contributed by atoms with E-state index in [1.54, 1.807) is 0 Å². The van der Waals surface area contributed by atoms with Crippen molar-refractivity contribution < 1.29 is 22.7 Å². The second kappa shape index (κ2) is 6.03. The van der Waals surface area contributed by atoms with Crippen LogP contribution in [0, 0.1) is 5.82 Å². The summed E-state index contributed by atoms with van der Waals surface area (Å²) in [4.78, 5) is 0. The predicted octanol–water partition coefficient (Wildman–Crippen LogP) is 4.77. The Kier molecular flexibility index (Phi) is 4.54. The van der Waals surface area contributed by atoms with Gasteiger partial charge in [0.2, 0.25) is 0 Å². The smallest absolute Gasteiger partial charge is 0.388 e. The van der Waals surface area contributed by atoms with E-state index in [9.17, 15) is 22.7 Å². The van der Waals surface area contributed by atoms with E-state index in [0.29, 0.717) is 11.1 Å². The Morgan fingerprint density at radius 2 is 1.81 bits per heavy atom. The van der Waals surface area contributed by atoms with E-state index >= 15 is 0 Å². The number of aliphatic hydroxyl groups excluding tert-OH is 1. The molecule has 0 saturated carbocycles. The van der Waals surface area contributed by atoms with Gasteiger partial charge in [0, 0.05) is 6.42 Å². The molecule has 2 aromatic carbocycles. The van der Waals surface area contributed by atoms with Gasteiger partial charge in [-0.1, -0.05) is 35.9 Å². The largest absolute Gasteiger partial charge is 0.416 e. The molecule has 6 heteroatoms. The highest BCUT2D eigenvalue weighted by Gasteiger charge is 2.30. The second-order valence-corrected chi connectivity index (χ2v) is 5.00. The summed E-state index contributed by atoms with van der Waals surface area (Å²) < 4.78 is 50.8. The molecule has 0 amide bonds. The molecule has 1 N–H and O–H groups in total. The number of hydrogen-bond donors (Lipinski definition) is 1. The van der Waals surface area contributed by atoms with Crippen LogP contribution in [0.1, 0.15) is 22.8 Å². The molecule has 0 aliphatic heterocycles. The quantitative estimate of drug-likeness (QED) is 0.808. The van der Waals surface area contributed by atoms with Gasteiger partial charge in [-0.3, -0.25) is 0 Å². The van der Waals surface area contributed by atoms with Crippen molar-refractivity contribution in [1.82, 2.24) is 0 Å². The van der Waals surface area contributed by atoms with Gasteiger partial charge in [-0.15, -0.1) is 0 Å². The molecule has 0 bridgehead atoms. The van der Waals surface area contributed by atoms with Gasteiger partial charge in [0.25, 0.3) is 0 Å². The van der Waals surface area contributed by atoms with Gasteiger partial charge < -0.3 is 5.11 Å². The van der Waals surface area contributed by atoms with E-state index in [0.717, 1.165) is 18.2 Å².